The second-order valence-electron chi connectivity index (χ2n) is 10.9. The van der Waals surface area contributed by atoms with Gasteiger partial charge < -0.3 is 9.64 Å². The number of aromatic nitrogens is 3. The molecule has 8 nitrogen and oxygen atoms in total. The van der Waals surface area contributed by atoms with Crippen LogP contribution in [0.4, 0.5) is 23.7 Å². The number of anilines is 1. The Morgan fingerprint density at radius 1 is 1.00 bits per heavy atom. The predicted octanol–water partition coefficient (Wildman–Crippen LogP) is 8.64. The number of para-hydroxylation sites is 1. The summed E-state index contributed by atoms with van der Waals surface area (Å²) in [6.45, 7) is 8.92. The lowest BCUT2D eigenvalue weighted by Gasteiger charge is -2.31. The normalized spacial score (nSPS) is 15.9. The summed E-state index contributed by atoms with van der Waals surface area (Å²) in [5, 5.41) is 5.13. The molecule has 1 fully saturated rings. The second-order valence-corrected chi connectivity index (χ2v) is 12.0. The third kappa shape index (κ3) is 7.99. The Bertz CT molecular complexity index is 1700. The van der Waals surface area contributed by atoms with Crippen LogP contribution in [0, 0.1) is 0 Å². The zero-order valence-electron chi connectivity index (χ0n) is 25.3. The van der Waals surface area contributed by atoms with E-state index in [1.807, 2.05) is 50.2 Å². The molecule has 1 saturated heterocycles. The summed E-state index contributed by atoms with van der Waals surface area (Å²) in [6.07, 6.45) is -2.26. The number of hydrogen-bond donors (Lipinski definition) is 0. The van der Waals surface area contributed by atoms with Gasteiger partial charge in [-0.1, -0.05) is 75.0 Å². The van der Waals surface area contributed by atoms with Crippen molar-refractivity contribution in [3.63, 3.8) is 0 Å². The summed E-state index contributed by atoms with van der Waals surface area (Å²) < 4.78 is 42.7. The van der Waals surface area contributed by atoms with Gasteiger partial charge in [0.25, 0.3) is 0 Å². The molecule has 5 rings (SSSR count). The van der Waals surface area contributed by atoms with Crippen LogP contribution in [0.15, 0.2) is 89.1 Å². The van der Waals surface area contributed by atoms with Crippen LogP contribution in [0.25, 0.3) is 17.1 Å². The van der Waals surface area contributed by atoms with Gasteiger partial charge in [-0.2, -0.15) is 4.99 Å². The highest BCUT2D eigenvalue weighted by Crippen LogP contribution is 2.32. The Morgan fingerprint density at radius 2 is 1.71 bits per heavy atom. The lowest BCUT2D eigenvalue weighted by molar-refractivity contribution is -0.274. The monoisotopic (exact) mass is 634 g/mol. The maximum Gasteiger partial charge on any atom is 0.573 e. The third-order valence-electron chi connectivity index (χ3n) is 7.42. The minimum atomic E-state index is -4.75. The molecule has 2 heterocycles. The lowest BCUT2D eigenvalue weighted by atomic mass is 9.96. The number of hydrogen-bond acceptors (Lipinski definition) is 5. The van der Waals surface area contributed by atoms with Crippen LogP contribution in [0.1, 0.15) is 57.1 Å². The van der Waals surface area contributed by atoms with Crippen molar-refractivity contribution in [2.45, 2.75) is 52.3 Å². The quantitative estimate of drug-likeness (QED) is 0.189. The Kier molecular flexibility index (Phi) is 9.71. The molecule has 234 valence electrons. The van der Waals surface area contributed by atoms with Crippen molar-refractivity contribution in [2.24, 2.45) is 9.98 Å². The smallest absolute Gasteiger partial charge is 0.406 e. The van der Waals surface area contributed by atoms with Gasteiger partial charge in [0.05, 0.1) is 5.69 Å². The summed E-state index contributed by atoms with van der Waals surface area (Å²) in [6, 6.07) is 20.7. The van der Waals surface area contributed by atoms with E-state index in [0.717, 1.165) is 35.5 Å². The van der Waals surface area contributed by atoms with Crippen LogP contribution >= 0.6 is 11.8 Å². The summed E-state index contributed by atoms with van der Waals surface area (Å²) in [7, 11) is 0. The number of aliphatic imine (C=N–C) groups is 2. The average molecular weight is 635 g/mol. The van der Waals surface area contributed by atoms with E-state index in [4.69, 9.17) is 0 Å². The first-order valence-electron chi connectivity index (χ1n) is 14.5. The molecule has 45 heavy (non-hydrogen) atoms. The number of nitrogens with zero attached hydrogens (tertiary/aromatic N) is 6. The van der Waals surface area contributed by atoms with E-state index in [1.165, 1.54) is 40.8 Å². The Morgan fingerprint density at radius 3 is 2.40 bits per heavy atom. The van der Waals surface area contributed by atoms with Crippen LogP contribution in [0.2, 0.25) is 0 Å². The molecular formula is C33H33F3N6O2S. The van der Waals surface area contributed by atoms with Crippen LogP contribution in [0.3, 0.4) is 0 Å². The third-order valence-corrected chi connectivity index (χ3v) is 8.49. The molecule has 0 radical (unpaired) electrons. The largest absolute Gasteiger partial charge is 0.573 e. The summed E-state index contributed by atoms with van der Waals surface area (Å²) in [4.78, 5) is 28.2. The highest BCUT2D eigenvalue weighted by Gasteiger charge is 2.31. The highest BCUT2D eigenvalue weighted by molar-refractivity contribution is 8.14. The van der Waals surface area contributed by atoms with Crippen LogP contribution in [-0.4, -0.2) is 50.3 Å². The number of urea groups is 1. The van der Waals surface area contributed by atoms with E-state index >= 15 is 0 Å². The number of ether oxygens (including phenoxy) is 1. The molecule has 0 bridgehead atoms. The lowest BCUT2D eigenvalue weighted by Crippen LogP contribution is -2.35. The molecular weight excluding hydrogens is 601 g/mol. The number of carbonyl (C=O) groups is 1. The van der Waals surface area contributed by atoms with Gasteiger partial charge in [-0.15, -0.1) is 18.3 Å². The molecule has 0 aliphatic carbocycles. The van der Waals surface area contributed by atoms with E-state index < -0.39 is 12.4 Å². The molecule has 4 aromatic rings. The van der Waals surface area contributed by atoms with Crippen molar-refractivity contribution in [3.8, 4) is 22.8 Å². The Hall–Kier alpha value is -4.45. The van der Waals surface area contributed by atoms with Gasteiger partial charge in [-0.05, 0) is 60.7 Å². The fourth-order valence-corrected chi connectivity index (χ4v) is 5.88. The van der Waals surface area contributed by atoms with E-state index in [0.29, 0.717) is 28.3 Å². The van der Waals surface area contributed by atoms with Crippen LogP contribution in [-0.2, 0) is 0 Å². The number of rotatable bonds is 7. The zero-order valence-corrected chi connectivity index (χ0v) is 26.1. The number of alkyl halides is 3. The van der Waals surface area contributed by atoms with Gasteiger partial charge >= 0.3 is 12.4 Å². The van der Waals surface area contributed by atoms with E-state index in [-0.39, 0.29) is 11.7 Å². The van der Waals surface area contributed by atoms with Crippen molar-refractivity contribution in [3.05, 3.63) is 90.3 Å². The maximum atomic E-state index is 13.0. The number of amides is 2. The topological polar surface area (TPSA) is 85.0 Å². The minimum Gasteiger partial charge on any atom is -0.406 e. The molecule has 3 aromatic carbocycles. The fraction of sp³-hybridized carbons (Fsp3) is 0.303. The van der Waals surface area contributed by atoms with Gasteiger partial charge in [0.2, 0.25) is 0 Å². The van der Waals surface area contributed by atoms with Gasteiger partial charge in [0.1, 0.15) is 12.1 Å². The molecule has 1 aliphatic heterocycles. The summed E-state index contributed by atoms with van der Waals surface area (Å²) in [5.41, 5.74) is 5.19. The molecule has 1 atom stereocenters. The maximum absolute atomic E-state index is 13.0. The first-order valence-corrected chi connectivity index (χ1v) is 15.5. The molecule has 1 unspecified atom stereocenters. The number of thioether (sulfide) groups is 1. The minimum absolute atomic E-state index is 0.136. The molecule has 0 saturated carbocycles. The van der Waals surface area contributed by atoms with Crippen LogP contribution < -0.4 is 9.64 Å². The second kappa shape index (κ2) is 13.7. The van der Waals surface area contributed by atoms with Crippen molar-refractivity contribution in [1.82, 2.24) is 14.8 Å². The molecule has 2 amide bonds. The van der Waals surface area contributed by atoms with Gasteiger partial charge in [0, 0.05) is 35.2 Å². The zero-order chi connectivity index (χ0) is 32.1. The van der Waals surface area contributed by atoms with Crippen molar-refractivity contribution in [2.75, 3.05) is 17.2 Å². The molecule has 12 heteroatoms. The van der Waals surface area contributed by atoms with Crippen molar-refractivity contribution in [1.29, 1.82) is 0 Å². The summed E-state index contributed by atoms with van der Waals surface area (Å²) >= 11 is 1.57. The first-order chi connectivity index (χ1) is 21.5. The molecule has 1 aliphatic rings. The standard InChI is InChI=1S/C33H33F3N6O2S/c1-21(2)28-8-5-6-9-29(28)41-18-7-19-45-32(41)39-31(43)38-23(4)22(3)24-10-12-25(13-11-24)30-37-20-42(40-30)26-14-16-27(17-15-26)44-33(34,35)36/h5-6,8-17,20-22H,7,18-19H2,1-4H3. The van der Waals surface area contributed by atoms with Gasteiger partial charge in [-0.25, -0.2) is 19.5 Å². The molecule has 1 aromatic heterocycles. The summed E-state index contributed by atoms with van der Waals surface area (Å²) in [5.74, 6) is 1.24. The first kappa shape index (κ1) is 32.0. The Labute approximate surface area is 264 Å². The SMILES string of the molecule is CC(=NC(=O)N=C1SCCCN1c1ccccc1C(C)C)C(C)c1ccc(-c2ncn(-c3ccc(OC(F)(F)F)cc3)n2)cc1. The number of halogens is 3. The average Bonchev–Trinajstić information content (AvgIpc) is 3.51. The van der Waals surface area contributed by atoms with Crippen molar-refractivity contribution < 1.29 is 22.7 Å². The van der Waals surface area contributed by atoms with E-state index in [1.54, 1.807) is 11.8 Å². The van der Waals surface area contributed by atoms with Gasteiger partial charge in [-0.3, -0.25) is 0 Å². The number of benzene rings is 3. The van der Waals surface area contributed by atoms with E-state index in [2.05, 4.69) is 55.7 Å². The Balaban J connectivity index is 1.26. The predicted molar refractivity (Wildman–Crippen MR) is 173 cm³/mol. The number of carbonyl (C=O) groups excluding carboxylic acids is 1. The fourth-order valence-electron chi connectivity index (χ4n) is 4.93. The highest BCUT2D eigenvalue weighted by atomic mass is 32.2. The molecule has 0 N–H and O–H groups in total. The molecule has 0 spiro atoms. The van der Waals surface area contributed by atoms with E-state index in [9.17, 15) is 18.0 Å². The van der Waals surface area contributed by atoms with Crippen molar-refractivity contribution >= 4 is 34.4 Å². The number of amidine groups is 1. The van der Waals surface area contributed by atoms with Crippen LogP contribution in [0.5, 0.6) is 5.75 Å². The van der Waals surface area contributed by atoms with Gasteiger partial charge in [0.15, 0.2) is 11.0 Å².